The van der Waals surface area contributed by atoms with E-state index in [1.54, 1.807) is 4.31 Å². The van der Waals surface area contributed by atoms with E-state index in [-0.39, 0.29) is 0 Å². The standard InChI is InChI=1S/C39H70NS3/c1-3-5-7-9-11-13-15-17-19-21-23-25-27-29-32-36-33-31-35-38(40(43)39(41)42)37(36)34-30-28-26-24-22-20-18-16-14-12-10-8-6-4-2/h31,33,35H,3-30,32,34H2,1-2H3,(H,41,42)/q-1. The molecule has 0 amide bonds. The fraction of sp³-hybridized carbons (Fsp3) is 0.821. The normalized spacial score (nSPS) is 11.3. The molecule has 0 aliphatic rings. The lowest BCUT2D eigenvalue weighted by Crippen LogP contribution is -2.19. The van der Waals surface area contributed by atoms with Gasteiger partial charge >= 0.3 is 0 Å². The van der Waals surface area contributed by atoms with Gasteiger partial charge in [0.1, 0.15) is 4.32 Å². The van der Waals surface area contributed by atoms with Crippen molar-refractivity contribution in [3.63, 3.8) is 0 Å². The minimum absolute atomic E-state index is 0.478. The van der Waals surface area contributed by atoms with Crippen LogP contribution in [0.3, 0.4) is 0 Å². The molecular weight excluding hydrogens is 579 g/mol. The summed E-state index contributed by atoms with van der Waals surface area (Å²) in [4.78, 5) is 0. The predicted molar refractivity (Wildman–Crippen MR) is 206 cm³/mol. The zero-order valence-electron chi connectivity index (χ0n) is 28.7. The third-order valence-corrected chi connectivity index (χ3v) is 10.2. The van der Waals surface area contributed by atoms with Gasteiger partial charge in [0, 0.05) is 5.69 Å². The Bertz CT molecular complexity index is 765. The number of nitrogens with zero attached hydrogens (tertiary/aromatic N) is 1. The summed E-state index contributed by atoms with van der Waals surface area (Å²) in [5.41, 5.74) is 3.99. The number of hydrogen-bond acceptors (Lipinski definition) is 2. The molecule has 250 valence electrons. The summed E-state index contributed by atoms with van der Waals surface area (Å²) in [6.07, 6.45) is 41.5. The Morgan fingerprint density at radius 2 is 0.860 bits per heavy atom. The van der Waals surface area contributed by atoms with Crippen molar-refractivity contribution >= 4 is 47.7 Å². The van der Waals surface area contributed by atoms with Gasteiger partial charge < -0.3 is 17.1 Å². The molecule has 4 heteroatoms. The van der Waals surface area contributed by atoms with Crippen LogP contribution in [0, 0.1) is 0 Å². The Morgan fingerprint density at radius 1 is 0.535 bits per heavy atom. The van der Waals surface area contributed by atoms with Gasteiger partial charge in [-0.2, -0.15) is 0 Å². The van der Waals surface area contributed by atoms with Crippen LogP contribution in [0.4, 0.5) is 5.69 Å². The van der Waals surface area contributed by atoms with E-state index in [4.69, 9.17) is 25.0 Å². The van der Waals surface area contributed by atoms with Crippen molar-refractivity contribution in [1.29, 1.82) is 0 Å². The van der Waals surface area contributed by atoms with Crippen LogP contribution >= 0.6 is 24.8 Å². The molecule has 1 rings (SSSR count). The quantitative estimate of drug-likeness (QED) is 0.0369. The highest BCUT2D eigenvalue weighted by molar-refractivity contribution is 8.12. The molecule has 0 saturated carbocycles. The lowest BCUT2D eigenvalue weighted by molar-refractivity contribution is 0.534. The molecule has 1 aromatic carbocycles. The molecule has 0 fully saturated rings. The van der Waals surface area contributed by atoms with Gasteiger partial charge in [-0.25, -0.2) is 0 Å². The lowest BCUT2D eigenvalue weighted by atomic mass is 9.94. The zero-order valence-corrected chi connectivity index (χ0v) is 31.2. The molecule has 0 bridgehead atoms. The van der Waals surface area contributed by atoms with E-state index in [1.165, 1.54) is 191 Å². The van der Waals surface area contributed by atoms with Crippen LogP contribution in [-0.4, -0.2) is 4.32 Å². The van der Waals surface area contributed by atoms with Crippen molar-refractivity contribution in [1.82, 2.24) is 0 Å². The van der Waals surface area contributed by atoms with Crippen molar-refractivity contribution in [2.75, 3.05) is 4.31 Å². The van der Waals surface area contributed by atoms with E-state index >= 15 is 0 Å². The highest BCUT2D eigenvalue weighted by Crippen LogP contribution is 2.28. The third-order valence-electron chi connectivity index (χ3n) is 9.22. The van der Waals surface area contributed by atoms with E-state index < -0.39 is 0 Å². The fourth-order valence-electron chi connectivity index (χ4n) is 6.44. The first-order valence-corrected chi connectivity index (χ1v) is 20.1. The smallest absolute Gasteiger partial charge is 0.115 e. The summed E-state index contributed by atoms with van der Waals surface area (Å²) in [5, 5.41) is 0. The summed E-state index contributed by atoms with van der Waals surface area (Å²) >= 11 is 15.4. The van der Waals surface area contributed by atoms with E-state index in [0.717, 1.165) is 18.5 Å². The first-order chi connectivity index (χ1) is 21.1. The monoisotopic (exact) mass is 648 g/mol. The van der Waals surface area contributed by atoms with E-state index in [0.29, 0.717) is 4.32 Å². The van der Waals surface area contributed by atoms with Gasteiger partial charge in [0.25, 0.3) is 0 Å². The topological polar surface area (TPSA) is 3.24 Å². The first kappa shape index (κ1) is 40.8. The molecule has 0 radical (unpaired) electrons. The number of thiocarbonyl (C=S) groups is 1. The van der Waals surface area contributed by atoms with Crippen molar-refractivity contribution in [2.45, 2.75) is 206 Å². The molecule has 1 nitrogen and oxygen atoms in total. The molecule has 0 aliphatic carbocycles. The number of anilines is 1. The lowest BCUT2D eigenvalue weighted by Gasteiger charge is -2.33. The molecule has 0 aromatic heterocycles. The van der Waals surface area contributed by atoms with Gasteiger partial charge in [-0.15, -0.1) is 12.6 Å². The molecule has 0 aliphatic heterocycles. The number of rotatable bonds is 31. The second-order valence-corrected chi connectivity index (χ2v) is 14.7. The van der Waals surface area contributed by atoms with Crippen LogP contribution in [0.5, 0.6) is 0 Å². The first-order valence-electron chi connectivity index (χ1n) is 18.9. The zero-order chi connectivity index (χ0) is 31.2. The maximum Gasteiger partial charge on any atom is 0.115 e. The Morgan fingerprint density at radius 3 is 1.21 bits per heavy atom. The van der Waals surface area contributed by atoms with Gasteiger partial charge in [0.05, 0.1) is 0 Å². The molecule has 0 spiro atoms. The van der Waals surface area contributed by atoms with Gasteiger partial charge in [-0.1, -0.05) is 205 Å². The maximum absolute atomic E-state index is 5.64. The van der Waals surface area contributed by atoms with E-state index in [9.17, 15) is 0 Å². The molecular formula is C39H70NS3-. The van der Waals surface area contributed by atoms with E-state index in [1.807, 2.05) is 0 Å². The van der Waals surface area contributed by atoms with Crippen molar-refractivity contribution in [2.24, 2.45) is 0 Å². The molecule has 1 aromatic rings. The van der Waals surface area contributed by atoms with Crippen molar-refractivity contribution < 1.29 is 0 Å². The highest BCUT2D eigenvalue weighted by Gasteiger charge is 2.10. The molecule has 0 N–H and O–H groups in total. The average Bonchev–Trinajstić information content (AvgIpc) is 3.01. The summed E-state index contributed by atoms with van der Waals surface area (Å²) in [6, 6.07) is 6.63. The van der Waals surface area contributed by atoms with Crippen LogP contribution in [0.1, 0.15) is 205 Å². The summed E-state index contributed by atoms with van der Waals surface area (Å²) in [5.74, 6) is 0. The molecule has 0 atom stereocenters. The number of aryl methyl sites for hydroxylation is 1. The minimum Gasteiger partial charge on any atom is -0.659 e. The van der Waals surface area contributed by atoms with Gasteiger partial charge in [0.15, 0.2) is 0 Å². The Balaban J connectivity index is 2.25. The summed E-state index contributed by atoms with van der Waals surface area (Å²) in [6.45, 7) is 4.60. The maximum atomic E-state index is 5.64. The second kappa shape index (κ2) is 30.5. The SMILES string of the molecule is CCCCCCCCCCCCCCCCc1cccc(N([S-])C(=S)S)c1CCCCCCCCCCCCCCCC. The average molecular weight is 649 g/mol. The predicted octanol–water partition coefficient (Wildman–Crippen LogP) is 14.2. The van der Waals surface area contributed by atoms with Gasteiger partial charge in [-0.3, -0.25) is 0 Å². The molecule has 0 heterocycles. The van der Waals surface area contributed by atoms with Crippen molar-refractivity contribution in [3.8, 4) is 0 Å². The number of benzene rings is 1. The molecule has 0 saturated heterocycles. The van der Waals surface area contributed by atoms with Crippen molar-refractivity contribution in [3.05, 3.63) is 29.3 Å². The summed E-state index contributed by atoms with van der Waals surface area (Å²) < 4.78 is 2.16. The largest absolute Gasteiger partial charge is 0.659 e. The number of hydrogen-bond donors (Lipinski definition) is 1. The van der Waals surface area contributed by atoms with Gasteiger partial charge in [-0.05, 0) is 42.9 Å². The number of thiol groups is 1. The fourth-order valence-corrected chi connectivity index (χ4v) is 6.82. The highest BCUT2D eigenvalue weighted by atomic mass is 32.1. The van der Waals surface area contributed by atoms with Gasteiger partial charge in [0.2, 0.25) is 0 Å². The molecule has 43 heavy (non-hydrogen) atoms. The third kappa shape index (κ3) is 22.9. The minimum atomic E-state index is 0.478. The Hall–Kier alpha value is -0.190. The van der Waals surface area contributed by atoms with Crippen LogP contribution in [0.15, 0.2) is 18.2 Å². The van der Waals surface area contributed by atoms with Crippen LogP contribution in [0.25, 0.3) is 0 Å². The second-order valence-electron chi connectivity index (χ2n) is 13.2. The van der Waals surface area contributed by atoms with E-state index in [2.05, 4.69) is 44.7 Å². The Kier molecular flexibility index (Phi) is 28.9. The summed E-state index contributed by atoms with van der Waals surface area (Å²) in [7, 11) is 0. The van der Waals surface area contributed by atoms with Crippen LogP contribution < -0.4 is 4.31 Å². The van der Waals surface area contributed by atoms with Crippen LogP contribution in [0.2, 0.25) is 0 Å². The number of unbranched alkanes of at least 4 members (excludes halogenated alkanes) is 26. The van der Waals surface area contributed by atoms with Crippen LogP contribution in [-0.2, 0) is 25.7 Å². The Labute approximate surface area is 286 Å². The molecule has 0 unspecified atom stereocenters.